The maximum Gasteiger partial charge on any atom is 0.217 e. The Hall–Kier alpha value is -0.570. The summed E-state index contributed by atoms with van der Waals surface area (Å²) in [6.45, 7) is 3.74. The van der Waals surface area contributed by atoms with Gasteiger partial charge in [0.15, 0.2) is 0 Å². The number of hydrogen-bond donors (Lipinski definition) is 1. The van der Waals surface area contributed by atoms with E-state index < -0.39 is 0 Å². The molecule has 1 amide bonds. The first-order chi connectivity index (χ1) is 5.18. The molecule has 0 unspecified atom stereocenters. The third kappa shape index (κ3) is 2.89. The molecule has 3 heteroatoms. The summed E-state index contributed by atoms with van der Waals surface area (Å²) >= 11 is 0. The summed E-state index contributed by atoms with van der Waals surface area (Å²) in [6.07, 6.45) is 2.32. The smallest absolute Gasteiger partial charge is 0.217 e. The molecule has 1 saturated heterocycles. The summed E-state index contributed by atoms with van der Waals surface area (Å²) in [5.41, 5.74) is 0. The SMILES string of the molecule is CC(=O)N[C@H]1CCCN(C)C1. The van der Waals surface area contributed by atoms with Gasteiger partial charge in [-0.25, -0.2) is 0 Å². The third-order valence-electron chi connectivity index (χ3n) is 2.03. The van der Waals surface area contributed by atoms with Gasteiger partial charge in [0.25, 0.3) is 0 Å². The average Bonchev–Trinajstić information content (AvgIpc) is 1.85. The van der Waals surface area contributed by atoms with E-state index in [4.69, 9.17) is 0 Å². The zero-order valence-electron chi connectivity index (χ0n) is 7.26. The average molecular weight is 156 g/mol. The molecule has 0 aromatic heterocycles. The number of hydrogen-bond acceptors (Lipinski definition) is 2. The van der Waals surface area contributed by atoms with Crippen molar-refractivity contribution in [1.29, 1.82) is 0 Å². The van der Waals surface area contributed by atoms with Crippen molar-refractivity contribution >= 4 is 5.91 Å². The maximum atomic E-state index is 10.7. The van der Waals surface area contributed by atoms with Gasteiger partial charge in [-0.15, -0.1) is 0 Å². The topological polar surface area (TPSA) is 32.3 Å². The fourth-order valence-electron chi connectivity index (χ4n) is 1.57. The van der Waals surface area contributed by atoms with Crippen molar-refractivity contribution in [3.05, 3.63) is 0 Å². The van der Waals surface area contributed by atoms with Crippen LogP contribution in [-0.2, 0) is 4.79 Å². The molecule has 11 heavy (non-hydrogen) atoms. The highest BCUT2D eigenvalue weighted by Crippen LogP contribution is 2.07. The van der Waals surface area contributed by atoms with Gasteiger partial charge in [-0.2, -0.15) is 0 Å². The summed E-state index contributed by atoms with van der Waals surface area (Å²) in [7, 11) is 2.09. The number of nitrogens with zero attached hydrogens (tertiary/aromatic N) is 1. The number of rotatable bonds is 1. The molecule has 1 N–H and O–H groups in total. The predicted octanol–water partition coefficient (Wildman–Crippen LogP) is 0.217. The Morgan fingerprint density at radius 1 is 1.64 bits per heavy atom. The van der Waals surface area contributed by atoms with Crippen LogP contribution < -0.4 is 5.32 Å². The molecule has 1 heterocycles. The second kappa shape index (κ2) is 3.72. The van der Waals surface area contributed by atoms with Gasteiger partial charge in [0.2, 0.25) is 5.91 Å². The van der Waals surface area contributed by atoms with Crippen LogP contribution >= 0.6 is 0 Å². The third-order valence-corrected chi connectivity index (χ3v) is 2.03. The van der Waals surface area contributed by atoms with E-state index in [0.717, 1.165) is 19.5 Å². The number of amides is 1. The van der Waals surface area contributed by atoms with Crippen molar-refractivity contribution in [3.63, 3.8) is 0 Å². The fourth-order valence-corrected chi connectivity index (χ4v) is 1.57. The molecule has 1 atom stereocenters. The van der Waals surface area contributed by atoms with Crippen LogP contribution in [0, 0.1) is 0 Å². The zero-order valence-corrected chi connectivity index (χ0v) is 7.26. The monoisotopic (exact) mass is 156 g/mol. The lowest BCUT2D eigenvalue weighted by Crippen LogP contribution is -2.45. The van der Waals surface area contributed by atoms with E-state index in [1.54, 1.807) is 6.92 Å². The Bertz CT molecular complexity index is 147. The van der Waals surface area contributed by atoms with Crippen molar-refractivity contribution in [2.45, 2.75) is 25.8 Å². The molecule has 0 spiro atoms. The lowest BCUT2D eigenvalue weighted by molar-refractivity contribution is -0.119. The van der Waals surface area contributed by atoms with Crippen LogP contribution in [-0.4, -0.2) is 37.0 Å². The van der Waals surface area contributed by atoms with Gasteiger partial charge in [0.05, 0.1) is 0 Å². The summed E-state index contributed by atoms with van der Waals surface area (Å²) in [5.74, 6) is 0.0882. The highest BCUT2D eigenvalue weighted by atomic mass is 16.1. The minimum atomic E-state index is 0.0882. The van der Waals surface area contributed by atoms with E-state index in [1.165, 1.54) is 6.42 Å². The zero-order chi connectivity index (χ0) is 8.27. The largest absolute Gasteiger partial charge is 0.352 e. The second-order valence-corrected chi connectivity index (χ2v) is 3.30. The minimum absolute atomic E-state index is 0.0882. The van der Waals surface area contributed by atoms with Gasteiger partial charge >= 0.3 is 0 Å². The Morgan fingerprint density at radius 2 is 2.36 bits per heavy atom. The van der Waals surface area contributed by atoms with Crippen LogP contribution in [0.15, 0.2) is 0 Å². The molecule has 0 aromatic rings. The molecule has 0 aliphatic carbocycles. The predicted molar refractivity (Wildman–Crippen MR) is 44.3 cm³/mol. The number of carbonyl (C=O) groups excluding carboxylic acids is 1. The number of likely N-dealkylation sites (tertiary alicyclic amines) is 1. The van der Waals surface area contributed by atoms with Gasteiger partial charge in [-0.05, 0) is 26.4 Å². The Balaban J connectivity index is 2.28. The summed E-state index contributed by atoms with van der Waals surface area (Å²) in [4.78, 5) is 12.9. The number of piperidine rings is 1. The van der Waals surface area contributed by atoms with Crippen molar-refractivity contribution < 1.29 is 4.79 Å². The van der Waals surface area contributed by atoms with E-state index >= 15 is 0 Å². The first kappa shape index (κ1) is 8.53. The summed E-state index contributed by atoms with van der Waals surface area (Å²) in [6, 6.07) is 0.381. The van der Waals surface area contributed by atoms with Crippen molar-refractivity contribution in [2.24, 2.45) is 0 Å². The molecule has 1 fully saturated rings. The van der Waals surface area contributed by atoms with Crippen LogP contribution in [0.3, 0.4) is 0 Å². The second-order valence-electron chi connectivity index (χ2n) is 3.30. The molecule has 1 aliphatic rings. The highest BCUT2D eigenvalue weighted by molar-refractivity contribution is 5.73. The van der Waals surface area contributed by atoms with Gasteiger partial charge < -0.3 is 10.2 Å². The maximum absolute atomic E-state index is 10.7. The molecular formula is C8H16N2O. The molecule has 1 aliphatic heterocycles. The Morgan fingerprint density at radius 3 is 2.91 bits per heavy atom. The van der Waals surface area contributed by atoms with Crippen molar-refractivity contribution in [3.8, 4) is 0 Å². The van der Waals surface area contributed by atoms with Crippen molar-refractivity contribution in [2.75, 3.05) is 20.1 Å². The highest BCUT2D eigenvalue weighted by Gasteiger charge is 2.16. The van der Waals surface area contributed by atoms with E-state index in [-0.39, 0.29) is 5.91 Å². The standard InChI is InChI=1S/C8H16N2O/c1-7(11)9-8-4-3-5-10(2)6-8/h8H,3-6H2,1-2H3,(H,9,11)/t8-/m0/s1. The van der Waals surface area contributed by atoms with Crippen LogP contribution in [0.1, 0.15) is 19.8 Å². The molecule has 0 aromatic carbocycles. The van der Waals surface area contributed by atoms with E-state index in [9.17, 15) is 4.79 Å². The number of carbonyl (C=O) groups is 1. The molecule has 0 bridgehead atoms. The fraction of sp³-hybridized carbons (Fsp3) is 0.875. The summed E-state index contributed by atoms with van der Waals surface area (Å²) in [5, 5.41) is 2.93. The van der Waals surface area contributed by atoms with Gasteiger partial charge in [-0.3, -0.25) is 4.79 Å². The van der Waals surface area contributed by atoms with Gasteiger partial charge in [0.1, 0.15) is 0 Å². The van der Waals surface area contributed by atoms with Gasteiger partial charge in [0, 0.05) is 19.5 Å². The molecule has 0 radical (unpaired) electrons. The summed E-state index contributed by atoms with van der Waals surface area (Å²) < 4.78 is 0. The van der Waals surface area contributed by atoms with E-state index in [2.05, 4.69) is 17.3 Å². The Kier molecular flexibility index (Phi) is 2.88. The lowest BCUT2D eigenvalue weighted by Gasteiger charge is -2.29. The van der Waals surface area contributed by atoms with Crippen LogP contribution in [0.25, 0.3) is 0 Å². The van der Waals surface area contributed by atoms with E-state index in [1.807, 2.05) is 0 Å². The number of nitrogens with one attached hydrogen (secondary N) is 1. The van der Waals surface area contributed by atoms with Crippen LogP contribution in [0.5, 0.6) is 0 Å². The lowest BCUT2D eigenvalue weighted by atomic mass is 10.1. The van der Waals surface area contributed by atoms with Crippen LogP contribution in [0.4, 0.5) is 0 Å². The van der Waals surface area contributed by atoms with Crippen LogP contribution in [0.2, 0.25) is 0 Å². The van der Waals surface area contributed by atoms with E-state index in [0.29, 0.717) is 6.04 Å². The van der Waals surface area contributed by atoms with Gasteiger partial charge in [-0.1, -0.05) is 0 Å². The van der Waals surface area contributed by atoms with Crippen molar-refractivity contribution in [1.82, 2.24) is 10.2 Å². The number of likely N-dealkylation sites (N-methyl/N-ethyl adjacent to an activating group) is 1. The first-order valence-electron chi connectivity index (χ1n) is 4.14. The molecule has 3 nitrogen and oxygen atoms in total. The minimum Gasteiger partial charge on any atom is -0.352 e. The first-order valence-corrected chi connectivity index (χ1v) is 4.14. The normalized spacial score (nSPS) is 26.5. The Labute approximate surface area is 67.8 Å². The molecule has 1 rings (SSSR count). The quantitative estimate of drug-likeness (QED) is 0.589. The molecule has 64 valence electrons. The molecule has 0 saturated carbocycles. The molecular weight excluding hydrogens is 140 g/mol.